The molecule has 1 fully saturated rings. The first-order valence-corrected chi connectivity index (χ1v) is 6.68. The lowest BCUT2D eigenvalue weighted by Gasteiger charge is -2.34. The van der Waals surface area contributed by atoms with E-state index >= 15 is 0 Å². The predicted molar refractivity (Wildman–Crippen MR) is 71.1 cm³/mol. The second kappa shape index (κ2) is 6.23. The van der Waals surface area contributed by atoms with E-state index in [1.807, 2.05) is 27.7 Å². The van der Waals surface area contributed by atoms with Gasteiger partial charge in [-0.05, 0) is 34.1 Å². The molecule has 110 valence electrons. The third kappa shape index (κ3) is 4.09. The van der Waals surface area contributed by atoms with Gasteiger partial charge in [0.1, 0.15) is 0 Å². The highest BCUT2D eigenvalue weighted by molar-refractivity contribution is 5.76. The Kier molecular flexibility index (Phi) is 5.17. The van der Waals surface area contributed by atoms with Gasteiger partial charge in [0.25, 0.3) is 0 Å². The standard InChI is InChI=1S/C13H24N2O4/c1-9(2)15(7-5-11(16)17)12(18)14-13(4)6-8-19-10(13)3/h9-10H,5-8H2,1-4H3,(H,14,18)(H,16,17). The van der Waals surface area contributed by atoms with E-state index in [4.69, 9.17) is 9.84 Å². The number of carboxylic acid groups (broad SMARTS) is 1. The number of hydrogen-bond donors (Lipinski definition) is 2. The summed E-state index contributed by atoms with van der Waals surface area (Å²) in [6, 6.07) is -0.267. The van der Waals surface area contributed by atoms with Gasteiger partial charge in [-0.25, -0.2) is 4.79 Å². The molecule has 2 unspecified atom stereocenters. The number of urea groups is 1. The molecule has 0 radical (unpaired) electrons. The predicted octanol–water partition coefficient (Wildman–Crippen LogP) is 1.45. The maximum atomic E-state index is 12.3. The van der Waals surface area contributed by atoms with Crippen molar-refractivity contribution in [1.82, 2.24) is 10.2 Å². The van der Waals surface area contributed by atoms with Crippen LogP contribution in [0, 0.1) is 0 Å². The Morgan fingerprint density at radius 1 is 1.53 bits per heavy atom. The number of hydrogen-bond acceptors (Lipinski definition) is 3. The van der Waals surface area contributed by atoms with Gasteiger partial charge in [-0.15, -0.1) is 0 Å². The third-order valence-corrected chi connectivity index (χ3v) is 3.73. The number of nitrogens with one attached hydrogen (secondary N) is 1. The molecular weight excluding hydrogens is 248 g/mol. The van der Waals surface area contributed by atoms with E-state index in [0.29, 0.717) is 6.61 Å². The lowest BCUT2D eigenvalue weighted by molar-refractivity contribution is -0.137. The molecule has 0 spiro atoms. The van der Waals surface area contributed by atoms with E-state index in [1.165, 1.54) is 0 Å². The van der Waals surface area contributed by atoms with Crippen LogP contribution in [0.5, 0.6) is 0 Å². The second-order valence-electron chi connectivity index (χ2n) is 5.54. The van der Waals surface area contributed by atoms with E-state index < -0.39 is 5.97 Å². The molecule has 0 aliphatic carbocycles. The summed E-state index contributed by atoms with van der Waals surface area (Å²) in [7, 11) is 0. The van der Waals surface area contributed by atoms with Gasteiger partial charge in [0.2, 0.25) is 0 Å². The van der Waals surface area contributed by atoms with Gasteiger partial charge < -0.3 is 20.1 Å². The van der Waals surface area contributed by atoms with Crippen LogP contribution in [0.1, 0.15) is 40.5 Å². The van der Waals surface area contributed by atoms with Crippen LogP contribution in [0.15, 0.2) is 0 Å². The number of carbonyl (C=O) groups is 2. The highest BCUT2D eigenvalue weighted by Gasteiger charge is 2.39. The highest BCUT2D eigenvalue weighted by Crippen LogP contribution is 2.25. The molecule has 0 aromatic heterocycles. The van der Waals surface area contributed by atoms with Crippen molar-refractivity contribution in [3.63, 3.8) is 0 Å². The fourth-order valence-corrected chi connectivity index (χ4v) is 2.13. The Bertz CT molecular complexity index is 346. The van der Waals surface area contributed by atoms with Crippen LogP contribution in [-0.2, 0) is 9.53 Å². The first-order valence-electron chi connectivity index (χ1n) is 6.68. The summed E-state index contributed by atoms with van der Waals surface area (Å²) < 4.78 is 5.48. The fraction of sp³-hybridized carbons (Fsp3) is 0.846. The van der Waals surface area contributed by atoms with Crippen molar-refractivity contribution in [1.29, 1.82) is 0 Å². The second-order valence-corrected chi connectivity index (χ2v) is 5.54. The molecule has 1 aliphatic rings. The zero-order valence-corrected chi connectivity index (χ0v) is 12.1. The first-order chi connectivity index (χ1) is 8.76. The summed E-state index contributed by atoms with van der Waals surface area (Å²) in [5, 5.41) is 11.7. The summed E-state index contributed by atoms with van der Waals surface area (Å²) in [5.41, 5.74) is -0.382. The zero-order chi connectivity index (χ0) is 14.6. The topological polar surface area (TPSA) is 78.9 Å². The monoisotopic (exact) mass is 272 g/mol. The number of carboxylic acids is 1. The molecule has 1 rings (SSSR count). The van der Waals surface area contributed by atoms with Gasteiger partial charge in [-0.3, -0.25) is 4.79 Å². The molecule has 1 heterocycles. The molecular formula is C13H24N2O4. The fourth-order valence-electron chi connectivity index (χ4n) is 2.13. The van der Waals surface area contributed by atoms with Crippen LogP contribution in [0.4, 0.5) is 4.79 Å². The van der Waals surface area contributed by atoms with Crippen molar-refractivity contribution in [2.45, 2.75) is 58.2 Å². The van der Waals surface area contributed by atoms with Crippen molar-refractivity contribution >= 4 is 12.0 Å². The lowest BCUT2D eigenvalue weighted by Crippen LogP contribution is -2.56. The molecule has 6 heteroatoms. The Morgan fingerprint density at radius 2 is 2.16 bits per heavy atom. The number of amides is 2. The summed E-state index contributed by atoms with van der Waals surface area (Å²) in [6.45, 7) is 8.48. The summed E-state index contributed by atoms with van der Waals surface area (Å²) in [5.74, 6) is -0.901. The lowest BCUT2D eigenvalue weighted by atomic mass is 9.95. The van der Waals surface area contributed by atoms with Gasteiger partial charge in [0.05, 0.1) is 18.1 Å². The molecule has 0 aromatic rings. The Morgan fingerprint density at radius 3 is 2.58 bits per heavy atom. The van der Waals surface area contributed by atoms with Crippen LogP contribution in [0.25, 0.3) is 0 Å². The molecule has 6 nitrogen and oxygen atoms in total. The third-order valence-electron chi connectivity index (χ3n) is 3.73. The van der Waals surface area contributed by atoms with Gasteiger partial charge in [0.15, 0.2) is 0 Å². The van der Waals surface area contributed by atoms with Gasteiger partial charge >= 0.3 is 12.0 Å². The Labute approximate surface area is 114 Å². The SMILES string of the molecule is CC(C)N(CCC(=O)O)C(=O)NC1(C)CCOC1C. The summed E-state index contributed by atoms with van der Waals surface area (Å²) in [4.78, 5) is 24.4. The first kappa shape index (κ1) is 15.8. The molecule has 19 heavy (non-hydrogen) atoms. The number of aliphatic carboxylic acids is 1. The minimum Gasteiger partial charge on any atom is -0.481 e. The van der Waals surface area contributed by atoms with E-state index in [9.17, 15) is 9.59 Å². The van der Waals surface area contributed by atoms with Crippen molar-refractivity contribution in [2.24, 2.45) is 0 Å². The molecule has 2 N–H and O–H groups in total. The van der Waals surface area contributed by atoms with Crippen LogP contribution in [0.2, 0.25) is 0 Å². The maximum Gasteiger partial charge on any atom is 0.318 e. The zero-order valence-electron chi connectivity index (χ0n) is 12.1. The molecule has 0 saturated carbocycles. The Hall–Kier alpha value is -1.30. The summed E-state index contributed by atoms with van der Waals surface area (Å²) in [6.07, 6.45) is 0.684. The van der Waals surface area contributed by atoms with E-state index in [0.717, 1.165) is 6.42 Å². The highest BCUT2D eigenvalue weighted by atomic mass is 16.5. The number of rotatable bonds is 5. The quantitative estimate of drug-likeness (QED) is 0.794. The number of carbonyl (C=O) groups excluding carboxylic acids is 1. The molecule has 1 aliphatic heterocycles. The van der Waals surface area contributed by atoms with Crippen molar-refractivity contribution in [2.75, 3.05) is 13.2 Å². The van der Waals surface area contributed by atoms with Crippen molar-refractivity contribution in [3.05, 3.63) is 0 Å². The molecule has 0 bridgehead atoms. The molecule has 1 saturated heterocycles. The number of ether oxygens (including phenoxy) is 1. The van der Waals surface area contributed by atoms with Crippen LogP contribution >= 0.6 is 0 Å². The van der Waals surface area contributed by atoms with Crippen LogP contribution in [-0.4, -0.2) is 52.8 Å². The minimum absolute atomic E-state index is 0.0371. The Balaban J connectivity index is 2.64. The van der Waals surface area contributed by atoms with Gasteiger partial charge in [0, 0.05) is 19.2 Å². The smallest absolute Gasteiger partial charge is 0.318 e. The van der Waals surface area contributed by atoms with Gasteiger partial charge in [-0.2, -0.15) is 0 Å². The van der Waals surface area contributed by atoms with E-state index in [-0.39, 0.29) is 36.7 Å². The largest absolute Gasteiger partial charge is 0.481 e. The van der Waals surface area contributed by atoms with Gasteiger partial charge in [-0.1, -0.05) is 0 Å². The molecule has 2 atom stereocenters. The summed E-state index contributed by atoms with van der Waals surface area (Å²) >= 11 is 0. The molecule has 2 amide bonds. The van der Waals surface area contributed by atoms with E-state index in [2.05, 4.69) is 5.32 Å². The minimum atomic E-state index is -0.901. The number of nitrogens with zero attached hydrogens (tertiary/aromatic N) is 1. The van der Waals surface area contributed by atoms with Crippen LogP contribution < -0.4 is 5.32 Å². The molecule has 0 aromatic carbocycles. The maximum absolute atomic E-state index is 12.3. The normalized spacial score (nSPS) is 26.5. The van der Waals surface area contributed by atoms with Crippen molar-refractivity contribution in [3.8, 4) is 0 Å². The van der Waals surface area contributed by atoms with Crippen molar-refractivity contribution < 1.29 is 19.4 Å². The van der Waals surface area contributed by atoms with Crippen LogP contribution in [0.3, 0.4) is 0 Å². The van der Waals surface area contributed by atoms with E-state index in [1.54, 1.807) is 4.90 Å². The average Bonchev–Trinajstić information content (AvgIpc) is 2.58. The average molecular weight is 272 g/mol.